The fourth-order valence-corrected chi connectivity index (χ4v) is 5.32. The molecule has 4 heterocycles. The van der Waals surface area contributed by atoms with Gasteiger partial charge in [0.25, 0.3) is 0 Å². The van der Waals surface area contributed by atoms with E-state index in [4.69, 9.17) is 10.7 Å². The van der Waals surface area contributed by atoms with E-state index in [2.05, 4.69) is 31.0 Å². The standard InChI is InChI=1S/C21H19BrN6O2S/c22-16-17(11-1-3-12(4-2-11)21(29)30)27-19-14(10-26-28(19)18(16)23)13-5-6-15(25-9-13)20-24-7-8-31-20/h5-12H,1-4,23H2,(H,29,30). The normalized spacial score (nSPS) is 19.0. The van der Waals surface area contributed by atoms with E-state index < -0.39 is 5.97 Å². The molecule has 0 atom stereocenters. The van der Waals surface area contributed by atoms with E-state index >= 15 is 0 Å². The highest BCUT2D eigenvalue weighted by Crippen LogP contribution is 2.40. The Bertz CT molecular complexity index is 1250. The number of hydrogen-bond donors (Lipinski definition) is 2. The molecular formula is C21H19BrN6O2S. The van der Waals surface area contributed by atoms with E-state index in [1.807, 2.05) is 17.5 Å². The van der Waals surface area contributed by atoms with Crippen LogP contribution in [0.3, 0.4) is 0 Å². The molecule has 0 unspecified atom stereocenters. The fourth-order valence-electron chi connectivity index (χ4n) is 4.13. The van der Waals surface area contributed by atoms with Gasteiger partial charge in [-0.25, -0.2) is 9.97 Å². The Labute approximate surface area is 190 Å². The maximum Gasteiger partial charge on any atom is 0.306 e. The molecule has 158 valence electrons. The van der Waals surface area contributed by atoms with Crippen LogP contribution in [0, 0.1) is 5.92 Å². The predicted octanol–water partition coefficient (Wildman–Crippen LogP) is 4.62. The summed E-state index contributed by atoms with van der Waals surface area (Å²) < 4.78 is 2.35. The highest BCUT2D eigenvalue weighted by Gasteiger charge is 2.30. The van der Waals surface area contributed by atoms with Crippen LogP contribution in [0.1, 0.15) is 37.3 Å². The van der Waals surface area contributed by atoms with Gasteiger partial charge < -0.3 is 10.8 Å². The molecule has 0 saturated heterocycles. The van der Waals surface area contributed by atoms with Crippen LogP contribution < -0.4 is 5.73 Å². The van der Waals surface area contributed by atoms with Crippen LogP contribution in [0.15, 0.2) is 40.6 Å². The highest BCUT2D eigenvalue weighted by atomic mass is 79.9. The molecule has 8 nitrogen and oxygen atoms in total. The number of aliphatic carboxylic acids is 1. The lowest BCUT2D eigenvalue weighted by atomic mass is 9.80. The lowest BCUT2D eigenvalue weighted by molar-refractivity contribution is -0.142. The van der Waals surface area contributed by atoms with Crippen LogP contribution in [0.4, 0.5) is 5.82 Å². The molecule has 0 aromatic carbocycles. The molecule has 5 rings (SSSR count). The van der Waals surface area contributed by atoms with Crippen molar-refractivity contribution in [2.75, 3.05) is 5.73 Å². The van der Waals surface area contributed by atoms with Crippen LogP contribution in [-0.4, -0.2) is 35.6 Å². The molecule has 3 N–H and O–H groups in total. The summed E-state index contributed by atoms with van der Waals surface area (Å²) in [7, 11) is 0. The van der Waals surface area contributed by atoms with E-state index in [1.54, 1.807) is 34.4 Å². The molecule has 31 heavy (non-hydrogen) atoms. The number of hydrogen-bond acceptors (Lipinski definition) is 7. The van der Waals surface area contributed by atoms with Gasteiger partial charge in [-0.15, -0.1) is 11.3 Å². The Balaban J connectivity index is 1.52. The van der Waals surface area contributed by atoms with Crippen molar-refractivity contribution in [2.45, 2.75) is 31.6 Å². The average molecular weight is 499 g/mol. The van der Waals surface area contributed by atoms with Crippen LogP contribution in [0.25, 0.3) is 27.5 Å². The zero-order valence-electron chi connectivity index (χ0n) is 16.4. The lowest BCUT2D eigenvalue weighted by Gasteiger charge is -2.26. The monoisotopic (exact) mass is 498 g/mol. The number of rotatable bonds is 4. The van der Waals surface area contributed by atoms with Crippen LogP contribution >= 0.6 is 27.3 Å². The summed E-state index contributed by atoms with van der Waals surface area (Å²) in [4.78, 5) is 25.1. The minimum Gasteiger partial charge on any atom is -0.481 e. The number of carboxylic acids is 1. The SMILES string of the molecule is Nc1c(Br)c(C2CCC(C(=O)O)CC2)nc2c(-c3ccc(-c4nccs4)nc3)cnn12. The second-order valence-corrected chi connectivity index (χ2v) is 9.33. The molecule has 1 fully saturated rings. The summed E-state index contributed by atoms with van der Waals surface area (Å²) >= 11 is 5.14. The van der Waals surface area contributed by atoms with Gasteiger partial charge in [-0.1, -0.05) is 6.07 Å². The lowest BCUT2D eigenvalue weighted by Crippen LogP contribution is -2.21. The van der Waals surface area contributed by atoms with Gasteiger partial charge in [-0.3, -0.25) is 9.78 Å². The largest absolute Gasteiger partial charge is 0.481 e. The first-order valence-corrected chi connectivity index (χ1v) is 11.6. The molecule has 0 spiro atoms. The van der Waals surface area contributed by atoms with Crippen molar-refractivity contribution in [3.63, 3.8) is 0 Å². The average Bonchev–Trinajstić information content (AvgIpc) is 3.47. The smallest absolute Gasteiger partial charge is 0.306 e. The van der Waals surface area contributed by atoms with Crippen LogP contribution in [0.2, 0.25) is 0 Å². The van der Waals surface area contributed by atoms with Gasteiger partial charge in [0.2, 0.25) is 0 Å². The minimum absolute atomic E-state index is 0.158. The molecular weight excluding hydrogens is 480 g/mol. The van der Waals surface area contributed by atoms with Crippen molar-refractivity contribution in [2.24, 2.45) is 5.92 Å². The van der Waals surface area contributed by atoms with Crippen molar-refractivity contribution in [1.29, 1.82) is 0 Å². The number of nitrogens with two attached hydrogens (primary N) is 1. The van der Waals surface area contributed by atoms with Gasteiger partial charge >= 0.3 is 5.97 Å². The number of pyridine rings is 1. The van der Waals surface area contributed by atoms with Gasteiger partial charge in [0, 0.05) is 34.8 Å². The van der Waals surface area contributed by atoms with E-state index in [9.17, 15) is 9.90 Å². The molecule has 1 saturated carbocycles. The molecule has 1 aliphatic carbocycles. The number of anilines is 1. The van der Waals surface area contributed by atoms with Crippen LogP contribution in [0.5, 0.6) is 0 Å². The van der Waals surface area contributed by atoms with Gasteiger partial charge in [-0.2, -0.15) is 9.61 Å². The number of fused-ring (bicyclic) bond motifs is 1. The number of thiazole rings is 1. The predicted molar refractivity (Wildman–Crippen MR) is 122 cm³/mol. The molecule has 0 amide bonds. The van der Waals surface area contributed by atoms with Crippen molar-refractivity contribution in [3.8, 4) is 21.8 Å². The Morgan fingerprint density at radius 3 is 2.65 bits per heavy atom. The maximum atomic E-state index is 11.3. The summed E-state index contributed by atoms with van der Waals surface area (Å²) in [5.74, 6) is -0.347. The highest BCUT2D eigenvalue weighted by molar-refractivity contribution is 9.10. The first-order valence-electron chi connectivity index (χ1n) is 9.94. The molecule has 10 heteroatoms. The van der Waals surface area contributed by atoms with Gasteiger partial charge in [0.1, 0.15) is 10.8 Å². The first-order chi connectivity index (χ1) is 15.0. The van der Waals surface area contributed by atoms with Crippen molar-refractivity contribution >= 4 is 44.7 Å². The number of nitrogens with zero attached hydrogens (tertiary/aromatic N) is 5. The number of aromatic nitrogens is 5. The second-order valence-electron chi connectivity index (χ2n) is 7.65. The molecule has 4 aromatic heterocycles. The van der Waals surface area contributed by atoms with Gasteiger partial charge in [0.05, 0.1) is 28.0 Å². The molecule has 0 aliphatic heterocycles. The van der Waals surface area contributed by atoms with E-state index in [0.29, 0.717) is 24.3 Å². The zero-order valence-corrected chi connectivity index (χ0v) is 18.8. The summed E-state index contributed by atoms with van der Waals surface area (Å²) in [5, 5.41) is 16.5. The topological polar surface area (TPSA) is 119 Å². The zero-order chi connectivity index (χ0) is 21.5. The van der Waals surface area contributed by atoms with Gasteiger partial charge in [0.15, 0.2) is 5.65 Å². The van der Waals surface area contributed by atoms with E-state index in [1.165, 1.54) is 0 Å². The van der Waals surface area contributed by atoms with Crippen LogP contribution in [-0.2, 0) is 4.79 Å². The number of carbonyl (C=O) groups is 1. The third-order valence-electron chi connectivity index (χ3n) is 5.84. The van der Waals surface area contributed by atoms with E-state index in [-0.39, 0.29) is 11.8 Å². The quantitative estimate of drug-likeness (QED) is 0.421. The van der Waals surface area contributed by atoms with E-state index in [0.717, 1.165) is 44.8 Å². The summed E-state index contributed by atoms with van der Waals surface area (Å²) in [6.07, 6.45) is 8.14. The first kappa shape index (κ1) is 20.1. The second kappa shape index (κ2) is 8.01. The van der Waals surface area contributed by atoms with Gasteiger partial charge in [-0.05, 0) is 47.7 Å². The minimum atomic E-state index is -0.716. The Morgan fingerprint density at radius 2 is 2.00 bits per heavy atom. The third kappa shape index (κ3) is 3.59. The fraction of sp³-hybridized carbons (Fsp3) is 0.286. The third-order valence-corrected chi connectivity index (χ3v) is 7.45. The molecule has 4 aromatic rings. The Morgan fingerprint density at radius 1 is 1.19 bits per heavy atom. The maximum absolute atomic E-state index is 11.3. The van der Waals surface area contributed by atoms with Crippen molar-refractivity contribution < 1.29 is 9.90 Å². The van der Waals surface area contributed by atoms with Crippen molar-refractivity contribution in [3.05, 3.63) is 46.3 Å². The number of carboxylic acid groups (broad SMARTS) is 1. The molecule has 0 bridgehead atoms. The molecule has 1 aliphatic rings. The Hall–Kier alpha value is -2.85. The number of halogens is 1. The summed E-state index contributed by atoms with van der Waals surface area (Å²) in [5.41, 5.74) is 10.5. The summed E-state index contributed by atoms with van der Waals surface area (Å²) in [6, 6.07) is 3.92. The summed E-state index contributed by atoms with van der Waals surface area (Å²) in [6.45, 7) is 0. The molecule has 0 radical (unpaired) electrons. The number of nitrogen functional groups attached to an aromatic ring is 1. The van der Waals surface area contributed by atoms with Crippen molar-refractivity contribution in [1.82, 2.24) is 24.6 Å². The Kier molecular flexibility index (Phi) is 5.19.